The van der Waals surface area contributed by atoms with Gasteiger partial charge in [-0.15, -0.1) is 0 Å². The van der Waals surface area contributed by atoms with E-state index in [9.17, 15) is 14.3 Å². The third-order valence-electron chi connectivity index (χ3n) is 4.67. The minimum atomic E-state index is -0.825. The predicted molar refractivity (Wildman–Crippen MR) is 91.2 cm³/mol. The molecule has 0 amide bonds. The third kappa shape index (κ3) is 3.60. The van der Waals surface area contributed by atoms with Crippen molar-refractivity contribution in [2.24, 2.45) is 0 Å². The lowest BCUT2D eigenvalue weighted by atomic mass is 9.66. The summed E-state index contributed by atoms with van der Waals surface area (Å²) in [5, 5.41) is 10.1. The molecule has 1 aromatic rings. The van der Waals surface area contributed by atoms with Crippen molar-refractivity contribution in [2.45, 2.75) is 51.1 Å². The SMILES string of the molecule is COC(=O)CC(B1OC(C)(C)C(C)(C)O1)c1cc(Br)cc(F)c1O. The van der Waals surface area contributed by atoms with Crippen molar-refractivity contribution in [3.63, 3.8) is 0 Å². The van der Waals surface area contributed by atoms with Crippen LogP contribution in [0.25, 0.3) is 0 Å². The molecular formula is C16H21BBrFO5. The van der Waals surface area contributed by atoms with Crippen molar-refractivity contribution < 1.29 is 28.3 Å². The average Bonchev–Trinajstić information content (AvgIpc) is 2.68. The summed E-state index contributed by atoms with van der Waals surface area (Å²) in [5.74, 6) is -2.53. The second kappa shape index (κ2) is 6.65. The molecule has 24 heavy (non-hydrogen) atoms. The maximum atomic E-state index is 13.9. The summed E-state index contributed by atoms with van der Waals surface area (Å²) in [6.07, 6.45) is -0.114. The molecule has 0 aromatic heterocycles. The van der Waals surface area contributed by atoms with Crippen LogP contribution in [-0.4, -0.2) is 36.5 Å². The fraction of sp³-hybridized carbons (Fsp3) is 0.562. The number of benzene rings is 1. The molecule has 0 saturated carbocycles. The molecular weight excluding hydrogens is 382 g/mol. The summed E-state index contributed by atoms with van der Waals surface area (Å²) in [6.45, 7) is 7.51. The number of halogens is 2. The Bertz CT molecular complexity index is 634. The molecule has 0 aliphatic carbocycles. The summed E-state index contributed by atoms with van der Waals surface area (Å²) < 4.78 is 31.1. The lowest BCUT2D eigenvalue weighted by molar-refractivity contribution is -0.140. The summed E-state index contributed by atoms with van der Waals surface area (Å²) in [5.41, 5.74) is -1.01. The van der Waals surface area contributed by atoms with Crippen molar-refractivity contribution in [1.29, 1.82) is 0 Å². The number of rotatable bonds is 4. The van der Waals surface area contributed by atoms with E-state index in [1.54, 1.807) is 6.07 Å². The Morgan fingerprint density at radius 3 is 2.38 bits per heavy atom. The normalized spacial score (nSPS) is 20.0. The lowest BCUT2D eigenvalue weighted by Crippen LogP contribution is -2.41. The highest BCUT2D eigenvalue weighted by Crippen LogP contribution is 2.44. The fourth-order valence-corrected chi connectivity index (χ4v) is 2.98. The highest BCUT2D eigenvalue weighted by Gasteiger charge is 2.54. The first kappa shape index (κ1) is 19.2. The number of carbonyl (C=O) groups is 1. The Kier molecular flexibility index (Phi) is 5.32. The van der Waals surface area contributed by atoms with Gasteiger partial charge in [0.05, 0.1) is 24.7 Å². The number of phenolic OH excluding ortho intramolecular Hbond substituents is 1. The van der Waals surface area contributed by atoms with Gasteiger partial charge < -0.3 is 19.2 Å². The van der Waals surface area contributed by atoms with Crippen LogP contribution in [-0.2, 0) is 18.8 Å². The molecule has 1 unspecified atom stereocenters. The van der Waals surface area contributed by atoms with Crippen molar-refractivity contribution in [2.75, 3.05) is 7.11 Å². The van der Waals surface area contributed by atoms with E-state index >= 15 is 0 Å². The number of esters is 1. The third-order valence-corrected chi connectivity index (χ3v) is 5.13. The Balaban J connectivity index is 2.46. The smallest absolute Gasteiger partial charge is 0.466 e. The van der Waals surface area contributed by atoms with Gasteiger partial charge in [-0.25, -0.2) is 4.39 Å². The maximum absolute atomic E-state index is 13.9. The van der Waals surface area contributed by atoms with E-state index in [4.69, 9.17) is 14.0 Å². The summed E-state index contributed by atoms with van der Waals surface area (Å²) in [4.78, 5) is 11.8. The molecule has 1 aliphatic heterocycles. The molecule has 8 heteroatoms. The van der Waals surface area contributed by atoms with Gasteiger partial charge in [0, 0.05) is 10.3 Å². The maximum Gasteiger partial charge on any atom is 0.466 e. The minimum Gasteiger partial charge on any atom is -0.505 e. The van der Waals surface area contributed by atoms with Crippen LogP contribution in [0.3, 0.4) is 0 Å². The van der Waals surface area contributed by atoms with Crippen LogP contribution in [0.15, 0.2) is 16.6 Å². The van der Waals surface area contributed by atoms with Crippen LogP contribution in [0.2, 0.25) is 0 Å². The number of phenols is 1. The van der Waals surface area contributed by atoms with Gasteiger partial charge in [0.2, 0.25) is 0 Å². The molecule has 2 rings (SSSR count). The van der Waals surface area contributed by atoms with E-state index in [0.717, 1.165) is 6.07 Å². The first-order chi connectivity index (χ1) is 11.0. The van der Waals surface area contributed by atoms with Gasteiger partial charge in [-0.2, -0.15) is 0 Å². The molecule has 132 valence electrons. The van der Waals surface area contributed by atoms with Gasteiger partial charge in [-0.1, -0.05) is 15.9 Å². The lowest BCUT2D eigenvalue weighted by Gasteiger charge is -2.32. The summed E-state index contributed by atoms with van der Waals surface area (Å²) in [7, 11) is 0.444. The molecule has 0 radical (unpaired) electrons. The second-order valence-electron chi connectivity index (χ2n) is 6.84. The van der Waals surface area contributed by atoms with Gasteiger partial charge >= 0.3 is 13.1 Å². The molecule has 1 aromatic carbocycles. The number of carbonyl (C=O) groups excluding carboxylic acids is 1. The molecule has 1 heterocycles. The quantitative estimate of drug-likeness (QED) is 0.616. The van der Waals surface area contributed by atoms with Crippen LogP contribution in [0, 0.1) is 5.82 Å². The van der Waals surface area contributed by atoms with Crippen LogP contribution < -0.4 is 0 Å². The predicted octanol–water partition coefficient (Wildman–Crippen LogP) is 3.57. The zero-order chi connectivity index (χ0) is 18.3. The summed E-state index contributed by atoms with van der Waals surface area (Å²) >= 11 is 3.20. The first-order valence-electron chi connectivity index (χ1n) is 7.59. The largest absolute Gasteiger partial charge is 0.505 e. The van der Waals surface area contributed by atoms with Crippen molar-refractivity contribution in [3.8, 4) is 5.75 Å². The Morgan fingerprint density at radius 2 is 1.88 bits per heavy atom. The van der Waals surface area contributed by atoms with Gasteiger partial charge in [0.25, 0.3) is 0 Å². The number of methoxy groups -OCH3 is 1. The molecule has 1 aliphatic rings. The highest BCUT2D eigenvalue weighted by atomic mass is 79.9. The molecule has 1 N–H and O–H groups in total. The second-order valence-corrected chi connectivity index (χ2v) is 7.75. The standard InChI is InChI=1S/C16H21BBrFO5/c1-15(2)16(3,4)24-17(23-15)11(8-13(20)22-5)10-6-9(18)7-12(19)14(10)21/h6-7,11,21H,8H2,1-5H3. The Hall–Kier alpha value is -1.12. The van der Waals surface area contributed by atoms with Crippen LogP contribution >= 0.6 is 15.9 Å². The number of aromatic hydroxyl groups is 1. The molecule has 0 bridgehead atoms. The first-order valence-corrected chi connectivity index (χ1v) is 8.38. The van der Waals surface area contributed by atoms with Crippen molar-refractivity contribution in [3.05, 3.63) is 28.0 Å². The monoisotopic (exact) mass is 402 g/mol. The number of hydrogen-bond donors (Lipinski definition) is 1. The van der Waals surface area contributed by atoms with Crippen molar-refractivity contribution in [1.82, 2.24) is 0 Å². The van der Waals surface area contributed by atoms with Gasteiger partial charge in [-0.05, 0) is 45.4 Å². The van der Waals surface area contributed by atoms with E-state index in [1.165, 1.54) is 7.11 Å². The van der Waals surface area contributed by atoms with Gasteiger partial charge in [-0.3, -0.25) is 4.79 Å². The van der Waals surface area contributed by atoms with Crippen molar-refractivity contribution >= 4 is 29.0 Å². The van der Waals surface area contributed by atoms with Gasteiger partial charge in [0.1, 0.15) is 0 Å². The minimum absolute atomic E-state index is 0.114. The van der Waals surface area contributed by atoms with E-state index in [2.05, 4.69) is 15.9 Å². The number of hydrogen-bond acceptors (Lipinski definition) is 5. The van der Waals surface area contributed by atoms with E-state index in [0.29, 0.717) is 4.47 Å². The Morgan fingerprint density at radius 1 is 1.33 bits per heavy atom. The molecule has 1 saturated heterocycles. The molecule has 1 fully saturated rings. The topological polar surface area (TPSA) is 65.0 Å². The molecule has 5 nitrogen and oxygen atoms in total. The average molecular weight is 403 g/mol. The van der Waals surface area contributed by atoms with Crippen LogP contribution in [0.4, 0.5) is 4.39 Å². The fourth-order valence-electron chi connectivity index (χ4n) is 2.54. The zero-order valence-corrected chi connectivity index (χ0v) is 15.9. The van der Waals surface area contributed by atoms with E-state index in [1.807, 2.05) is 27.7 Å². The zero-order valence-electron chi connectivity index (χ0n) is 14.4. The Labute approximate surface area is 149 Å². The van der Waals surface area contributed by atoms with E-state index < -0.39 is 41.7 Å². The van der Waals surface area contributed by atoms with Crippen LogP contribution in [0.1, 0.15) is 45.5 Å². The van der Waals surface area contributed by atoms with E-state index in [-0.39, 0.29) is 12.0 Å². The summed E-state index contributed by atoms with van der Waals surface area (Å²) in [6, 6.07) is 2.70. The van der Waals surface area contributed by atoms with Gasteiger partial charge in [0.15, 0.2) is 11.6 Å². The number of ether oxygens (including phenoxy) is 1. The molecule has 0 spiro atoms. The highest BCUT2D eigenvalue weighted by molar-refractivity contribution is 9.10. The molecule has 1 atom stereocenters. The van der Waals surface area contributed by atoms with Crippen LogP contribution in [0.5, 0.6) is 5.75 Å².